The third kappa shape index (κ3) is 4.23. The Morgan fingerprint density at radius 1 is 1.38 bits per heavy atom. The number of aliphatic carboxylic acids is 1. The molecule has 14 nitrogen and oxygen atoms in total. The van der Waals surface area contributed by atoms with Crippen molar-refractivity contribution >= 4 is 63.5 Å². The maximum absolute atomic E-state index is 12.9. The number of nitrogens with two attached hydrogens (primary N) is 1. The van der Waals surface area contributed by atoms with E-state index in [4.69, 9.17) is 10.3 Å². The molecule has 5 N–H and O–H groups in total. The van der Waals surface area contributed by atoms with Crippen LogP contribution in [0.4, 0.5) is 10.9 Å². The fourth-order valence-electron chi connectivity index (χ4n) is 4.23. The van der Waals surface area contributed by atoms with E-state index in [-0.39, 0.29) is 28.2 Å². The van der Waals surface area contributed by atoms with Crippen molar-refractivity contribution in [2.45, 2.75) is 24.8 Å². The highest BCUT2D eigenvalue weighted by atomic mass is 32.2. The fourth-order valence-corrected chi connectivity index (χ4v) is 6.08. The van der Waals surface area contributed by atoms with Crippen molar-refractivity contribution in [3.63, 3.8) is 0 Å². The standard InChI is InChI=1S/C21H19N7O7S2/c1-8-4-12(26-35-8)27-3-2-9(17(27)30)5-10-6-36-19-14(18(31)28(19)15(10)20(32)33)24-16(29)13(25-34)11-7-37-21(22)23-11/h4-5,7,14,19,34H,2-3,6H2,1H3,(H2,22,23)(H,24,29)(H,32,33)/b9-5+,25-13-/t14-,19-/m1/s1. The maximum atomic E-state index is 12.9. The summed E-state index contributed by atoms with van der Waals surface area (Å²) in [5.41, 5.74) is 5.62. The smallest absolute Gasteiger partial charge is 0.352 e. The molecule has 2 aromatic heterocycles. The predicted molar refractivity (Wildman–Crippen MR) is 131 cm³/mol. The predicted octanol–water partition coefficient (Wildman–Crippen LogP) is 0.302. The molecule has 3 aliphatic heterocycles. The number of fused-ring (bicyclic) bond motifs is 1. The number of allylic oxidation sites excluding steroid dienone is 1. The van der Waals surface area contributed by atoms with Gasteiger partial charge in [-0.15, -0.1) is 23.1 Å². The van der Waals surface area contributed by atoms with Crippen LogP contribution in [-0.2, 0) is 19.2 Å². The van der Waals surface area contributed by atoms with Gasteiger partial charge in [-0.1, -0.05) is 10.3 Å². The number of hydrogen-bond donors (Lipinski definition) is 4. The number of nitrogens with one attached hydrogen (secondary N) is 1. The van der Waals surface area contributed by atoms with E-state index >= 15 is 0 Å². The minimum atomic E-state index is -1.33. The second-order valence-electron chi connectivity index (χ2n) is 8.23. The SMILES string of the molecule is Cc1cc(N2CC/C(=C\C3=C(C(=O)O)N4C(=O)[C@@H](NC(=O)/C(=N\O)c5csc(N)n5)[C@H]4SC3)C2=O)no1. The number of carboxylic acids is 1. The summed E-state index contributed by atoms with van der Waals surface area (Å²) in [5, 5.41) is 29.4. The third-order valence-corrected chi connectivity index (χ3v) is 7.91. The van der Waals surface area contributed by atoms with Gasteiger partial charge in [0, 0.05) is 29.3 Å². The Morgan fingerprint density at radius 2 is 2.16 bits per heavy atom. The number of oxime groups is 1. The van der Waals surface area contributed by atoms with Gasteiger partial charge in [0.25, 0.3) is 17.7 Å². The molecular weight excluding hydrogens is 526 g/mol. The molecule has 0 unspecified atom stereocenters. The molecule has 0 bridgehead atoms. The summed E-state index contributed by atoms with van der Waals surface area (Å²) in [6.45, 7) is 2.07. The van der Waals surface area contributed by atoms with E-state index in [1.54, 1.807) is 13.0 Å². The normalized spacial score (nSPS) is 22.9. The van der Waals surface area contributed by atoms with E-state index in [0.717, 1.165) is 16.2 Å². The Balaban J connectivity index is 1.35. The number of nitrogens with zero attached hydrogens (tertiary/aromatic N) is 5. The van der Waals surface area contributed by atoms with Gasteiger partial charge in [0.05, 0.1) is 0 Å². The number of rotatable bonds is 6. The van der Waals surface area contributed by atoms with E-state index in [1.807, 2.05) is 0 Å². The van der Waals surface area contributed by atoms with Gasteiger partial charge < -0.3 is 25.9 Å². The van der Waals surface area contributed by atoms with E-state index < -0.39 is 34.9 Å². The highest BCUT2D eigenvalue weighted by Gasteiger charge is 2.54. The number of hydrogen-bond acceptors (Lipinski definition) is 12. The summed E-state index contributed by atoms with van der Waals surface area (Å²) < 4.78 is 5.03. The van der Waals surface area contributed by atoms with Gasteiger partial charge in [-0.05, 0) is 25.0 Å². The van der Waals surface area contributed by atoms with Crippen LogP contribution in [0.5, 0.6) is 0 Å². The van der Waals surface area contributed by atoms with Gasteiger partial charge in [0.2, 0.25) is 0 Å². The second kappa shape index (κ2) is 9.36. The number of carbonyl (C=O) groups is 4. The highest BCUT2D eigenvalue weighted by molar-refractivity contribution is 8.00. The first-order valence-electron chi connectivity index (χ1n) is 10.8. The van der Waals surface area contributed by atoms with E-state index in [1.165, 1.54) is 28.1 Å². The van der Waals surface area contributed by atoms with Crippen molar-refractivity contribution in [2.24, 2.45) is 5.16 Å². The molecule has 0 aromatic carbocycles. The van der Waals surface area contributed by atoms with E-state index in [9.17, 15) is 29.5 Å². The molecule has 37 heavy (non-hydrogen) atoms. The lowest BCUT2D eigenvalue weighted by Crippen LogP contribution is -2.71. The largest absolute Gasteiger partial charge is 0.477 e. The van der Waals surface area contributed by atoms with Crippen LogP contribution < -0.4 is 16.0 Å². The fraction of sp³-hybridized carbons (Fsp3) is 0.286. The lowest BCUT2D eigenvalue weighted by Gasteiger charge is -2.49. The summed E-state index contributed by atoms with van der Waals surface area (Å²) in [4.78, 5) is 57.1. The summed E-state index contributed by atoms with van der Waals surface area (Å²) in [5.74, 6) is -2.05. The van der Waals surface area contributed by atoms with Crippen LogP contribution in [0.3, 0.4) is 0 Å². The van der Waals surface area contributed by atoms with Crippen molar-refractivity contribution < 1.29 is 34.0 Å². The molecule has 2 fully saturated rings. The molecule has 2 atom stereocenters. The third-order valence-electron chi connectivity index (χ3n) is 5.93. The number of aryl methyl sites for hydroxylation is 1. The van der Waals surface area contributed by atoms with Crippen LogP contribution in [0.1, 0.15) is 17.9 Å². The summed E-state index contributed by atoms with van der Waals surface area (Å²) in [6.07, 6.45) is 1.87. The molecule has 5 rings (SSSR count). The quantitative estimate of drug-likeness (QED) is 0.128. The topological polar surface area (TPSA) is 205 Å². The van der Waals surface area contributed by atoms with Crippen molar-refractivity contribution in [1.82, 2.24) is 20.4 Å². The van der Waals surface area contributed by atoms with Crippen LogP contribution in [0.2, 0.25) is 0 Å². The van der Waals surface area contributed by atoms with E-state index in [0.29, 0.717) is 35.7 Å². The van der Waals surface area contributed by atoms with Gasteiger partial charge in [-0.25, -0.2) is 9.78 Å². The molecular formula is C21H19N7O7S2. The summed E-state index contributed by atoms with van der Waals surface area (Å²) in [7, 11) is 0. The number of anilines is 2. The molecule has 16 heteroatoms. The second-order valence-corrected chi connectivity index (χ2v) is 10.2. The molecule has 3 aliphatic rings. The lowest BCUT2D eigenvalue weighted by atomic mass is 10.0. The minimum absolute atomic E-state index is 0.0403. The number of amides is 3. The first-order chi connectivity index (χ1) is 17.7. The number of thiazole rings is 1. The van der Waals surface area contributed by atoms with Crippen LogP contribution >= 0.6 is 23.1 Å². The molecule has 5 heterocycles. The molecule has 0 saturated carbocycles. The first kappa shape index (κ1) is 24.5. The van der Waals surface area contributed by atoms with Gasteiger partial charge >= 0.3 is 5.97 Å². The maximum Gasteiger partial charge on any atom is 0.352 e. The molecule has 0 aliphatic carbocycles. The number of carboxylic acid groups (broad SMARTS) is 1. The Morgan fingerprint density at radius 3 is 2.78 bits per heavy atom. The zero-order valence-electron chi connectivity index (χ0n) is 19.1. The average Bonchev–Trinajstić information content (AvgIpc) is 3.58. The first-order valence-corrected chi connectivity index (χ1v) is 12.7. The zero-order valence-corrected chi connectivity index (χ0v) is 20.7. The molecule has 0 spiro atoms. The van der Waals surface area contributed by atoms with Crippen LogP contribution in [0.15, 0.2) is 44.0 Å². The Labute approximate surface area is 216 Å². The number of β-lactam (4-membered cyclic amide) rings is 1. The monoisotopic (exact) mass is 545 g/mol. The van der Waals surface area contributed by atoms with Crippen LogP contribution in [0, 0.1) is 6.92 Å². The zero-order chi connectivity index (χ0) is 26.4. The average molecular weight is 546 g/mol. The van der Waals surface area contributed by atoms with Gasteiger partial charge in [0.1, 0.15) is 28.6 Å². The molecule has 3 amide bonds. The van der Waals surface area contributed by atoms with Crippen molar-refractivity contribution in [3.8, 4) is 0 Å². The molecule has 2 aromatic rings. The number of carbonyl (C=O) groups excluding carboxylic acids is 3. The molecule has 2 saturated heterocycles. The van der Waals surface area contributed by atoms with Crippen molar-refractivity contribution in [1.29, 1.82) is 0 Å². The number of nitrogen functional groups attached to an aromatic ring is 1. The number of thioether (sulfide) groups is 1. The lowest BCUT2D eigenvalue weighted by molar-refractivity contribution is -0.150. The van der Waals surface area contributed by atoms with E-state index in [2.05, 4.69) is 20.6 Å². The van der Waals surface area contributed by atoms with Crippen LogP contribution in [-0.4, -0.2) is 78.5 Å². The van der Waals surface area contributed by atoms with Gasteiger partial charge in [-0.3, -0.25) is 24.2 Å². The van der Waals surface area contributed by atoms with Crippen LogP contribution in [0.25, 0.3) is 0 Å². The van der Waals surface area contributed by atoms with Crippen molar-refractivity contribution in [2.75, 3.05) is 22.9 Å². The summed E-state index contributed by atoms with van der Waals surface area (Å²) >= 11 is 2.28. The Hall–Kier alpha value is -4.18. The summed E-state index contributed by atoms with van der Waals surface area (Å²) in [6, 6.07) is 0.584. The van der Waals surface area contributed by atoms with Crippen molar-refractivity contribution in [3.05, 3.63) is 45.8 Å². The highest BCUT2D eigenvalue weighted by Crippen LogP contribution is 2.41. The van der Waals surface area contributed by atoms with Gasteiger partial charge in [-0.2, -0.15) is 0 Å². The minimum Gasteiger partial charge on any atom is -0.477 e. The Bertz CT molecular complexity index is 1430. The molecule has 0 radical (unpaired) electrons. The molecule has 192 valence electrons. The Kier molecular flexibility index (Phi) is 6.20. The van der Waals surface area contributed by atoms with Gasteiger partial charge in [0.15, 0.2) is 16.7 Å². The number of aromatic nitrogens is 2.